The van der Waals surface area contributed by atoms with Gasteiger partial charge in [-0.15, -0.1) is 10.2 Å². The number of hydrogen-bond donors (Lipinski definition) is 0. The molecule has 32 heavy (non-hydrogen) atoms. The number of pyridine rings is 1. The van der Waals surface area contributed by atoms with Crippen molar-refractivity contribution in [3.05, 3.63) is 77.4 Å². The molecule has 0 radical (unpaired) electrons. The minimum atomic E-state index is -4.44. The number of ketones is 1. The number of alkyl halides is 3. The van der Waals surface area contributed by atoms with Crippen molar-refractivity contribution in [1.29, 1.82) is 0 Å². The lowest BCUT2D eigenvalue weighted by molar-refractivity contribution is -0.137. The highest BCUT2D eigenvalue weighted by molar-refractivity contribution is 7.99. The van der Waals surface area contributed by atoms with Crippen LogP contribution in [0.15, 0.2) is 64.5 Å². The molecular formula is C22H17F3N4O2S. The monoisotopic (exact) mass is 458 g/mol. The molecule has 0 bridgehead atoms. The van der Waals surface area contributed by atoms with Gasteiger partial charge in [0.15, 0.2) is 5.78 Å². The van der Waals surface area contributed by atoms with Gasteiger partial charge < -0.3 is 8.98 Å². The number of nitrogens with zero attached hydrogens (tertiary/aromatic N) is 4. The summed E-state index contributed by atoms with van der Waals surface area (Å²) in [6, 6.07) is 10.2. The van der Waals surface area contributed by atoms with Crippen LogP contribution >= 0.6 is 11.8 Å². The molecule has 0 aliphatic rings. The minimum absolute atomic E-state index is 0.0465. The van der Waals surface area contributed by atoms with Crippen LogP contribution in [-0.4, -0.2) is 31.3 Å². The zero-order chi connectivity index (χ0) is 22.9. The number of aromatic nitrogens is 4. The van der Waals surface area contributed by atoms with E-state index in [9.17, 15) is 18.0 Å². The van der Waals surface area contributed by atoms with E-state index in [1.54, 1.807) is 55.1 Å². The summed E-state index contributed by atoms with van der Waals surface area (Å²) in [4.78, 5) is 16.8. The van der Waals surface area contributed by atoms with Gasteiger partial charge in [-0.25, -0.2) is 0 Å². The average Bonchev–Trinajstić information content (AvgIpc) is 3.36. The second-order valence-electron chi connectivity index (χ2n) is 6.99. The molecule has 3 aromatic heterocycles. The molecule has 1 aromatic carbocycles. The third kappa shape index (κ3) is 4.45. The number of thioether (sulfide) groups is 1. The Balaban J connectivity index is 1.52. The van der Waals surface area contributed by atoms with E-state index in [2.05, 4.69) is 15.2 Å². The minimum Gasteiger partial charge on any atom is -0.411 e. The van der Waals surface area contributed by atoms with Gasteiger partial charge in [-0.1, -0.05) is 17.8 Å². The summed E-state index contributed by atoms with van der Waals surface area (Å²) >= 11 is 1.10. The topological polar surface area (TPSA) is 73.8 Å². The zero-order valence-corrected chi connectivity index (χ0v) is 17.9. The van der Waals surface area contributed by atoms with Gasteiger partial charge in [0.25, 0.3) is 5.22 Å². The van der Waals surface area contributed by atoms with E-state index in [4.69, 9.17) is 4.42 Å². The van der Waals surface area contributed by atoms with Gasteiger partial charge in [-0.2, -0.15) is 13.2 Å². The number of carbonyl (C=O) groups excluding carboxylic acids is 1. The smallest absolute Gasteiger partial charge is 0.411 e. The first kappa shape index (κ1) is 21.8. The van der Waals surface area contributed by atoms with E-state index >= 15 is 0 Å². The van der Waals surface area contributed by atoms with Crippen molar-refractivity contribution in [2.45, 2.75) is 25.2 Å². The Morgan fingerprint density at radius 3 is 2.56 bits per heavy atom. The first-order valence-corrected chi connectivity index (χ1v) is 10.5. The van der Waals surface area contributed by atoms with E-state index < -0.39 is 11.7 Å². The zero-order valence-electron chi connectivity index (χ0n) is 17.1. The summed E-state index contributed by atoms with van der Waals surface area (Å²) in [6.07, 6.45) is -1.23. The van der Waals surface area contributed by atoms with E-state index in [0.717, 1.165) is 29.5 Å². The Morgan fingerprint density at radius 2 is 1.84 bits per heavy atom. The van der Waals surface area contributed by atoms with Crippen LogP contribution in [0.5, 0.6) is 0 Å². The number of rotatable bonds is 6. The highest BCUT2D eigenvalue weighted by atomic mass is 32.2. The standard InChI is InChI=1S/C22H17F3N4O2S/c1-13-10-18(14(2)29(13)17-5-3-4-16(11-17)22(23,24)25)19(30)12-32-21-28-27-20(31-21)15-6-8-26-9-7-15/h3-11H,12H2,1-2H3. The second-order valence-corrected chi connectivity index (χ2v) is 7.92. The quantitative estimate of drug-likeness (QED) is 0.279. The predicted molar refractivity (Wildman–Crippen MR) is 113 cm³/mol. The van der Waals surface area contributed by atoms with E-state index in [1.807, 2.05) is 0 Å². The van der Waals surface area contributed by atoms with Crippen LogP contribution in [0.2, 0.25) is 0 Å². The van der Waals surface area contributed by atoms with Crippen molar-refractivity contribution in [3.63, 3.8) is 0 Å². The summed E-state index contributed by atoms with van der Waals surface area (Å²) < 4.78 is 46.5. The predicted octanol–water partition coefficient (Wildman–Crippen LogP) is 5.53. The third-order valence-corrected chi connectivity index (χ3v) is 5.64. The van der Waals surface area contributed by atoms with Gasteiger partial charge in [0.2, 0.25) is 5.89 Å². The molecule has 4 rings (SSSR count). The molecule has 6 nitrogen and oxygen atoms in total. The number of aryl methyl sites for hydroxylation is 1. The lowest BCUT2D eigenvalue weighted by Gasteiger charge is -2.13. The fraction of sp³-hybridized carbons (Fsp3) is 0.182. The Kier molecular flexibility index (Phi) is 5.88. The van der Waals surface area contributed by atoms with Crippen LogP contribution in [0.4, 0.5) is 13.2 Å². The molecule has 0 atom stereocenters. The van der Waals surface area contributed by atoms with Gasteiger partial charge in [0, 0.05) is 40.6 Å². The molecule has 0 aliphatic carbocycles. The normalized spacial score (nSPS) is 11.7. The number of benzene rings is 1. The third-order valence-electron chi connectivity index (χ3n) is 4.82. The molecule has 0 amide bonds. The number of hydrogen-bond acceptors (Lipinski definition) is 6. The lowest BCUT2D eigenvalue weighted by atomic mass is 10.1. The van der Waals surface area contributed by atoms with Crippen LogP contribution in [0.25, 0.3) is 17.1 Å². The maximum Gasteiger partial charge on any atom is 0.416 e. The molecule has 0 N–H and O–H groups in total. The molecular weight excluding hydrogens is 441 g/mol. The average molecular weight is 458 g/mol. The first-order valence-electron chi connectivity index (χ1n) is 9.50. The Labute approximate surface area is 185 Å². The van der Waals surface area contributed by atoms with Gasteiger partial charge >= 0.3 is 6.18 Å². The molecule has 0 saturated heterocycles. The Morgan fingerprint density at radius 1 is 1.09 bits per heavy atom. The molecule has 0 fully saturated rings. The van der Waals surface area contributed by atoms with Crippen molar-refractivity contribution < 1.29 is 22.4 Å². The molecule has 10 heteroatoms. The summed E-state index contributed by atoms with van der Waals surface area (Å²) in [7, 11) is 0. The van der Waals surface area contributed by atoms with Crippen LogP contribution in [-0.2, 0) is 6.18 Å². The molecule has 0 unspecified atom stereocenters. The fourth-order valence-corrected chi connectivity index (χ4v) is 3.99. The maximum atomic E-state index is 13.1. The van der Waals surface area contributed by atoms with Crippen LogP contribution in [0.1, 0.15) is 27.3 Å². The lowest BCUT2D eigenvalue weighted by Crippen LogP contribution is -2.08. The fourth-order valence-electron chi connectivity index (χ4n) is 3.35. The summed E-state index contributed by atoms with van der Waals surface area (Å²) in [5, 5.41) is 8.16. The Bertz CT molecular complexity index is 1270. The molecule has 0 aliphatic heterocycles. The molecule has 3 heterocycles. The van der Waals surface area contributed by atoms with Crippen LogP contribution < -0.4 is 0 Å². The second kappa shape index (κ2) is 8.62. The molecule has 164 valence electrons. The largest absolute Gasteiger partial charge is 0.416 e. The highest BCUT2D eigenvalue weighted by Gasteiger charge is 2.31. The van der Waals surface area contributed by atoms with Gasteiger partial charge in [-0.3, -0.25) is 9.78 Å². The number of halogens is 3. The number of carbonyl (C=O) groups is 1. The first-order chi connectivity index (χ1) is 15.2. The molecule has 0 saturated carbocycles. The Hall–Kier alpha value is -3.40. The van der Waals surface area contributed by atoms with Crippen molar-refractivity contribution >= 4 is 17.5 Å². The summed E-state index contributed by atoms with van der Waals surface area (Å²) in [5.41, 5.74) is 1.98. The number of Topliss-reactive ketones (excluding diaryl/α,β-unsaturated/α-hetero) is 1. The SMILES string of the molecule is Cc1cc(C(=O)CSc2nnc(-c3ccncc3)o2)c(C)n1-c1cccc(C(F)(F)F)c1. The van der Waals surface area contributed by atoms with Crippen molar-refractivity contribution in [2.24, 2.45) is 0 Å². The van der Waals surface area contributed by atoms with Gasteiger partial charge in [-0.05, 0) is 50.2 Å². The summed E-state index contributed by atoms with van der Waals surface area (Å²) in [5.74, 6) is 0.181. The summed E-state index contributed by atoms with van der Waals surface area (Å²) in [6.45, 7) is 3.45. The van der Waals surface area contributed by atoms with Crippen LogP contribution in [0.3, 0.4) is 0 Å². The highest BCUT2D eigenvalue weighted by Crippen LogP contribution is 2.32. The van der Waals surface area contributed by atoms with Crippen molar-refractivity contribution in [2.75, 3.05) is 5.75 Å². The van der Waals surface area contributed by atoms with Gasteiger partial charge in [0.1, 0.15) is 0 Å². The maximum absolute atomic E-state index is 13.1. The van der Waals surface area contributed by atoms with E-state index in [-0.39, 0.29) is 16.8 Å². The van der Waals surface area contributed by atoms with E-state index in [1.165, 1.54) is 6.07 Å². The van der Waals surface area contributed by atoms with Gasteiger partial charge in [0.05, 0.1) is 11.3 Å². The van der Waals surface area contributed by atoms with Crippen molar-refractivity contribution in [3.8, 4) is 17.1 Å². The van der Waals surface area contributed by atoms with E-state index in [0.29, 0.717) is 28.5 Å². The van der Waals surface area contributed by atoms with Crippen molar-refractivity contribution in [1.82, 2.24) is 19.7 Å². The van der Waals surface area contributed by atoms with Crippen LogP contribution in [0, 0.1) is 13.8 Å². The molecule has 4 aromatic rings. The molecule has 0 spiro atoms.